The first kappa shape index (κ1) is 17.1. The number of carbonyl (C=O) groups is 2. The van der Waals surface area contributed by atoms with E-state index in [1.165, 1.54) is 11.8 Å². The van der Waals surface area contributed by atoms with Gasteiger partial charge in [-0.05, 0) is 17.7 Å². The molecule has 0 spiro atoms. The van der Waals surface area contributed by atoms with E-state index in [2.05, 4.69) is 17.4 Å². The van der Waals surface area contributed by atoms with Crippen LogP contribution in [0.2, 0.25) is 0 Å². The lowest BCUT2D eigenvalue weighted by Gasteiger charge is -2.25. The summed E-state index contributed by atoms with van der Waals surface area (Å²) in [4.78, 5) is 27.9. The van der Waals surface area contributed by atoms with Crippen LogP contribution in [-0.4, -0.2) is 41.1 Å². The number of thioether (sulfide) groups is 1. The molecule has 5 nitrogen and oxygen atoms in total. The van der Waals surface area contributed by atoms with E-state index in [1.807, 2.05) is 42.5 Å². The Hall–Kier alpha value is -2.31. The third-order valence-electron chi connectivity index (χ3n) is 5.01. The summed E-state index contributed by atoms with van der Waals surface area (Å²) in [5.41, 5.74) is 8.26. The smallest absolute Gasteiger partial charge is 0.238 e. The van der Waals surface area contributed by atoms with Crippen LogP contribution in [0.4, 0.5) is 5.69 Å². The molecule has 2 aromatic carbocycles. The number of para-hydroxylation sites is 1. The van der Waals surface area contributed by atoms with Crippen molar-refractivity contribution in [1.29, 1.82) is 0 Å². The lowest BCUT2D eigenvalue weighted by Crippen LogP contribution is -2.37. The van der Waals surface area contributed by atoms with Gasteiger partial charge in [-0.25, -0.2) is 0 Å². The molecule has 134 valence electrons. The Bertz CT molecular complexity index is 827. The number of amides is 2. The van der Waals surface area contributed by atoms with Gasteiger partial charge in [-0.3, -0.25) is 9.59 Å². The minimum absolute atomic E-state index is 0.00841. The van der Waals surface area contributed by atoms with Crippen LogP contribution < -0.4 is 11.1 Å². The Morgan fingerprint density at radius 2 is 1.85 bits per heavy atom. The van der Waals surface area contributed by atoms with Crippen molar-refractivity contribution in [2.75, 3.05) is 18.4 Å². The highest BCUT2D eigenvalue weighted by molar-refractivity contribution is 8.01. The average molecular weight is 367 g/mol. The average Bonchev–Trinajstić information content (AvgIpc) is 3.05. The zero-order valence-electron chi connectivity index (χ0n) is 14.3. The van der Waals surface area contributed by atoms with Crippen LogP contribution in [0.3, 0.4) is 0 Å². The fraction of sp³-hybridized carbons (Fsp3) is 0.300. The number of carbonyl (C=O) groups excluding carboxylic acids is 2. The van der Waals surface area contributed by atoms with E-state index in [0.29, 0.717) is 13.1 Å². The predicted octanol–water partition coefficient (Wildman–Crippen LogP) is 2.44. The lowest BCUT2D eigenvalue weighted by atomic mass is 9.95. The molecule has 0 aliphatic carbocycles. The molecular formula is C20H21N3O2S. The van der Waals surface area contributed by atoms with Gasteiger partial charge in [0, 0.05) is 36.4 Å². The van der Waals surface area contributed by atoms with Crippen molar-refractivity contribution >= 4 is 29.3 Å². The number of nitrogens with zero attached hydrogens (tertiary/aromatic N) is 1. The molecule has 1 fully saturated rings. The predicted molar refractivity (Wildman–Crippen MR) is 103 cm³/mol. The second kappa shape index (κ2) is 7.13. The van der Waals surface area contributed by atoms with Crippen molar-refractivity contribution in [2.45, 2.75) is 28.5 Å². The van der Waals surface area contributed by atoms with Gasteiger partial charge in [0.25, 0.3) is 0 Å². The van der Waals surface area contributed by atoms with Gasteiger partial charge >= 0.3 is 0 Å². The molecule has 2 aromatic rings. The summed E-state index contributed by atoms with van der Waals surface area (Å²) in [6.45, 7) is 1.15. The Morgan fingerprint density at radius 1 is 1.12 bits per heavy atom. The maximum atomic E-state index is 12.8. The molecule has 26 heavy (non-hydrogen) atoms. The maximum Gasteiger partial charge on any atom is 0.238 e. The van der Waals surface area contributed by atoms with Crippen molar-refractivity contribution in [1.82, 2.24) is 4.90 Å². The number of hydrogen-bond acceptors (Lipinski definition) is 4. The van der Waals surface area contributed by atoms with Gasteiger partial charge in [-0.2, -0.15) is 0 Å². The first-order valence-corrected chi connectivity index (χ1v) is 9.64. The number of nitrogens with two attached hydrogens (primary N) is 1. The maximum absolute atomic E-state index is 12.8. The number of hydrogen-bond donors (Lipinski definition) is 2. The summed E-state index contributed by atoms with van der Waals surface area (Å²) in [6.07, 6.45) is 0.194. The first-order valence-electron chi connectivity index (χ1n) is 8.76. The summed E-state index contributed by atoms with van der Waals surface area (Å²) in [6, 6.07) is 17.7. The molecule has 0 saturated carbocycles. The first-order chi connectivity index (χ1) is 12.6. The highest BCUT2D eigenvalue weighted by atomic mass is 32.2. The number of benzene rings is 2. The number of likely N-dealkylation sites (tertiary alicyclic amines) is 1. The van der Waals surface area contributed by atoms with Crippen molar-refractivity contribution in [3.63, 3.8) is 0 Å². The topological polar surface area (TPSA) is 75.4 Å². The summed E-state index contributed by atoms with van der Waals surface area (Å²) in [5, 5.41) is 2.50. The molecule has 3 atom stereocenters. The van der Waals surface area contributed by atoms with Gasteiger partial charge in [-0.1, -0.05) is 42.5 Å². The number of anilines is 1. The van der Waals surface area contributed by atoms with Crippen LogP contribution in [-0.2, 0) is 9.59 Å². The van der Waals surface area contributed by atoms with E-state index < -0.39 is 5.25 Å². The van der Waals surface area contributed by atoms with Crippen LogP contribution in [0, 0.1) is 0 Å². The van der Waals surface area contributed by atoms with Gasteiger partial charge < -0.3 is 16.0 Å². The second-order valence-corrected chi connectivity index (χ2v) is 8.02. The van der Waals surface area contributed by atoms with Gasteiger partial charge in [-0.15, -0.1) is 11.8 Å². The van der Waals surface area contributed by atoms with Crippen molar-refractivity contribution < 1.29 is 9.59 Å². The highest BCUT2D eigenvalue weighted by Crippen LogP contribution is 2.37. The summed E-state index contributed by atoms with van der Waals surface area (Å²) < 4.78 is 0. The highest BCUT2D eigenvalue weighted by Gasteiger charge is 2.36. The zero-order chi connectivity index (χ0) is 18.1. The molecule has 2 aliphatic rings. The van der Waals surface area contributed by atoms with Crippen LogP contribution in [0.5, 0.6) is 0 Å². The largest absolute Gasteiger partial charge is 0.340 e. The van der Waals surface area contributed by atoms with E-state index in [1.54, 1.807) is 4.90 Å². The Morgan fingerprint density at radius 3 is 2.65 bits per heavy atom. The quantitative estimate of drug-likeness (QED) is 0.874. The Kier molecular flexibility index (Phi) is 4.70. The van der Waals surface area contributed by atoms with Crippen molar-refractivity contribution in [3.05, 3.63) is 60.2 Å². The number of rotatable bonds is 3. The standard InChI is InChI=1S/C20H21N3O2S/c21-15-12-23(11-14(15)13-6-2-1-3-7-13)19(24)10-18-20(25)22-16-8-4-5-9-17(16)26-18/h1-9,14-15,18H,10-12,21H2,(H,22,25)/t14-,15+,18?/m0/s1. The molecule has 1 saturated heterocycles. The van der Waals surface area contributed by atoms with E-state index >= 15 is 0 Å². The van der Waals surface area contributed by atoms with Gasteiger partial charge in [0.15, 0.2) is 0 Å². The number of nitrogens with one attached hydrogen (secondary N) is 1. The molecule has 1 unspecified atom stereocenters. The van der Waals surface area contributed by atoms with E-state index in [0.717, 1.165) is 16.1 Å². The van der Waals surface area contributed by atoms with E-state index in [9.17, 15) is 9.59 Å². The van der Waals surface area contributed by atoms with Crippen LogP contribution in [0.1, 0.15) is 17.9 Å². The van der Waals surface area contributed by atoms with Crippen molar-refractivity contribution in [2.24, 2.45) is 5.73 Å². The monoisotopic (exact) mass is 367 g/mol. The fourth-order valence-corrected chi connectivity index (χ4v) is 4.70. The minimum atomic E-state index is -0.399. The SMILES string of the molecule is N[C@@H]1CN(C(=O)CC2Sc3ccccc3NC2=O)C[C@H]1c1ccccc1. The lowest BCUT2D eigenvalue weighted by molar-refractivity contribution is -0.131. The Balaban J connectivity index is 1.42. The summed E-state index contributed by atoms with van der Waals surface area (Å²) in [5.74, 6) is 0.0322. The van der Waals surface area contributed by atoms with Crippen LogP contribution in [0.25, 0.3) is 0 Å². The second-order valence-electron chi connectivity index (χ2n) is 6.78. The molecule has 0 bridgehead atoms. The fourth-order valence-electron chi connectivity index (χ4n) is 3.60. The van der Waals surface area contributed by atoms with E-state index in [4.69, 9.17) is 5.73 Å². The van der Waals surface area contributed by atoms with Gasteiger partial charge in [0.05, 0.1) is 10.9 Å². The number of fused-ring (bicyclic) bond motifs is 1. The van der Waals surface area contributed by atoms with Crippen LogP contribution >= 0.6 is 11.8 Å². The molecule has 0 radical (unpaired) electrons. The molecule has 2 aliphatic heterocycles. The Labute approximate surface area is 156 Å². The third-order valence-corrected chi connectivity index (χ3v) is 6.29. The molecule has 3 N–H and O–H groups in total. The van der Waals surface area contributed by atoms with E-state index in [-0.39, 0.29) is 30.2 Å². The zero-order valence-corrected chi connectivity index (χ0v) is 15.1. The summed E-state index contributed by atoms with van der Waals surface area (Å²) >= 11 is 1.46. The van der Waals surface area contributed by atoms with Crippen LogP contribution in [0.15, 0.2) is 59.5 Å². The van der Waals surface area contributed by atoms with Gasteiger partial charge in [0.2, 0.25) is 11.8 Å². The van der Waals surface area contributed by atoms with Gasteiger partial charge in [0.1, 0.15) is 0 Å². The molecule has 0 aromatic heterocycles. The normalized spacial score (nSPS) is 24.9. The molecule has 2 heterocycles. The minimum Gasteiger partial charge on any atom is -0.340 e. The molecule has 2 amide bonds. The third kappa shape index (κ3) is 3.34. The molecule has 4 rings (SSSR count). The van der Waals surface area contributed by atoms with Crippen molar-refractivity contribution in [3.8, 4) is 0 Å². The summed E-state index contributed by atoms with van der Waals surface area (Å²) in [7, 11) is 0. The molecular weight excluding hydrogens is 346 g/mol. The molecule has 6 heteroatoms.